The molecule has 7 heteroatoms. The first-order chi connectivity index (χ1) is 33.0. The molecule has 4 heterocycles. The van der Waals surface area contributed by atoms with Crippen LogP contribution in [0.1, 0.15) is 94.0 Å². The first kappa shape index (κ1) is 44.8. The van der Waals surface area contributed by atoms with Gasteiger partial charge >= 0.3 is 0 Å². The summed E-state index contributed by atoms with van der Waals surface area (Å²) in [6, 6.07) is 59.3. The van der Waals surface area contributed by atoms with E-state index in [2.05, 4.69) is 141 Å². The quantitative estimate of drug-likeness (QED) is 0.109. The van der Waals surface area contributed by atoms with E-state index >= 15 is 0 Å². The molecule has 6 aromatic carbocycles. The molecule has 4 atom stereocenters. The van der Waals surface area contributed by atoms with Gasteiger partial charge in [-0.15, -0.1) is 0 Å². The highest BCUT2D eigenvalue weighted by molar-refractivity contribution is 5.97. The van der Waals surface area contributed by atoms with Gasteiger partial charge in [-0.1, -0.05) is 146 Å². The Hall–Kier alpha value is -6.02. The number of nitrogens with zero attached hydrogens (tertiary/aromatic N) is 4. The zero-order chi connectivity index (χ0) is 45.4. The van der Waals surface area contributed by atoms with Crippen LogP contribution in [0.15, 0.2) is 170 Å². The van der Waals surface area contributed by atoms with E-state index < -0.39 is 0 Å². The molecule has 0 bridgehead atoms. The summed E-state index contributed by atoms with van der Waals surface area (Å²) in [4.78, 5) is 38.1. The van der Waals surface area contributed by atoms with Crippen LogP contribution < -0.4 is 4.74 Å². The summed E-state index contributed by atoms with van der Waals surface area (Å²) in [5.74, 6) is 3.83. The van der Waals surface area contributed by atoms with Gasteiger partial charge in [-0.05, 0) is 134 Å². The zero-order valence-electron chi connectivity index (χ0n) is 39.0. The molecule has 10 rings (SSSR count). The van der Waals surface area contributed by atoms with Crippen molar-refractivity contribution in [3.63, 3.8) is 0 Å². The van der Waals surface area contributed by atoms with Gasteiger partial charge in [0.15, 0.2) is 0 Å². The standard InChI is InChI=1S/C60H66N4O3/c65-59(29-28-45-16-5-1-6-17-45)63-41-52(39-61-34-30-48(31-35-61)46-18-7-2-8-19-46)57(43-63)51-24-15-25-54(38-51)67-58-27-14-13-26-55(58)60(66)64-42-53(56(44-64)50-22-11-4-12-23-50)40-62-36-32-49(33-37-62)47-20-9-3-10-21-47/h1-27,38,48-49,52-53,56-57H,28-37,39-44H2/t52-,53+,56-,57+/m0/s1. The number of piperidine rings is 2. The number of rotatable bonds is 14. The SMILES string of the molecule is O=C(CCc1ccccc1)N1C[C@H](CN2CCC(c3ccccc3)CC2)[C@@H](c2cccc(Oc3ccccc3C(=O)N3C[C@@H](CN4CCC(c5ccccc5)CC4)[C@H](c4ccccc4)C3)c2)C1. The highest BCUT2D eigenvalue weighted by Gasteiger charge is 2.40. The number of amides is 2. The molecule has 4 saturated heterocycles. The van der Waals surface area contributed by atoms with Crippen molar-refractivity contribution in [2.45, 2.75) is 62.2 Å². The minimum Gasteiger partial charge on any atom is -0.457 e. The summed E-state index contributed by atoms with van der Waals surface area (Å²) in [6.07, 6.45) is 5.91. The van der Waals surface area contributed by atoms with Crippen molar-refractivity contribution in [3.8, 4) is 11.5 Å². The lowest BCUT2D eigenvalue weighted by atomic mass is 9.86. The van der Waals surface area contributed by atoms with Crippen LogP contribution in [-0.2, 0) is 11.2 Å². The van der Waals surface area contributed by atoms with Crippen molar-refractivity contribution in [2.75, 3.05) is 65.4 Å². The van der Waals surface area contributed by atoms with Crippen molar-refractivity contribution in [1.29, 1.82) is 0 Å². The Kier molecular flexibility index (Phi) is 14.2. The molecule has 0 aliphatic carbocycles. The van der Waals surface area contributed by atoms with Gasteiger partial charge in [0.25, 0.3) is 5.91 Å². The van der Waals surface area contributed by atoms with Gasteiger partial charge in [0.05, 0.1) is 5.56 Å². The van der Waals surface area contributed by atoms with E-state index in [1.54, 1.807) is 0 Å². The smallest absolute Gasteiger partial charge is 0.257 e. The fourth-order valence-corrected chi connectivity index (χ4v) is 11.8. The van der Waals surface area contributed by atoms with E-state index in [0.717, 1.165) is 70.8 Å². The van der Waals surface area contributed by atoms with Crippen LogP contribution >= 0.6 is 0 Å². The van der Waals surface area contributed by atoms with Crippen LogP contribution in [0.25, 0.3) is 0 Å². The molecule has 344 valence electrons. The van der Waals surface area contributed by atoms with Crippen LogP contribution in [0.5, 0.6) is 11.5 Å². The van der Waals surface area contributed by atoms with Gasteiger partial charge in [-0.25, -0.2) is 0 Å². The third-order valence-electron chi connectivity index (χ3n) is 15.6. The molecule has 0 N–H and O–H groups in total. The fraction of sp³-hybridized carbons (Fsp3) is 0.367. The topological polar surface area (TPSA) is 56.3 Å². The average Bonchev–Trinajstić information content (AvgIpc) is 4.02. The highest BCUT2D eigenvalue weighted by Crippen LogP contribution is 2.40. The maximum Gasteiger partial charge on any atom is 0.257 e. The Bertz CT molecular complexity index is 2520. The molecule has 0 saturated carbocycles. The van der Waals surface area contributed by atoms with Crippen LogP contribution in [0.2, 0.25) is 0 Å². The molecular weight excluding hydrogens is 825 g/mol. The number of para-hydroxylation sites is 1. The van der Waals surface area contributed by atoms with Crippen LogP contribution in [0, 0.1) is 11.8 Å². The molecule has 4 aliphatic heterocycles. The second kappa shape index (κ2) is 21.3. The molecule has 0 spiro atoms. The monoisotopic (exact) mass is 891 g/mol. The van der Waals surface area contributed by atoms with E-state index in [-0.39, 0.29) is 23.7 Å². The molecular formula is C60H66N4O3. The summed E-state index contributed by atoms with van der Waals surface area (Å²) in [7, 11) is 0. The lowest BCUT2D eigenvalue weighted by Crippen LogP contribution is -2.38. The first-order valence-corrected chi connectivity index (χ1v) is 25.1. The predicted molar refractivity (Wildman–Crippen MR) is 269 cm³/mol. The van der Waals surface area contributed by atoms with Crippen molar-refractivity contribution in [3.05, 3.63) is 203 Å². The maximum absolute atomic E-state index is 14.7. The normalized spacial score (nSPS) is 22.0. The van der Waals surface area contributed by atoms with Crippen LogP contribution in [-0.4, -0.2) is 96.9 Å². The predicted octanol–water partition coefficient (Wildman–Crippen LogP) is 11.3. The summed E-state index contributed by atoms with van der Waals surface area (Å²) in [5, 5.41) is 0. The first-order valence-electron chi connectivity index (χ1n) is 25.1. The molecule has 6 aromatic rings. The van der Waals surface area contributed by atoms with Gasteiger partial charge in [0.1, 0.15) is 11.5 Å². The highest BCUT2D eigenvalue weighted by atomic mass is 16.5. The molecule has 4 aliphatic rings. The Morgan fingerprint density at radius 3 is 1.55 bits per heavy atom. The maximum atomic E-state index is 14.7. The van der Waals surface area contributed by atoms with Gasteiger partial charge in [0.2, 0.25) is 5.91 Å². The van der Waals surface area contributed by atoms with Crippen molar-refractivity contribution < 1.29 is 14.3 Å². The summed E-state index contributed by atoms with van der Waals surface area (Å²) >= 11 is 0. The number of carbonyl (C=O) groups is 2. The fourth-order valence-electron chi connectivity index (χ4n) is 11.8. The number of carbonyl (C=O) groups excluding carboxylic acids is 2. The van der Waals surface area contributed by atoms with E-state index in [1.807, 2.05) is 48.5 Å². The Labute approximate surface area is 398 Å². The summed E-state index contributed by atoms with van der Waals surface area (Å²) in [5.41, 5.74) is 7.19. The van der Waals surface area contributed by atoms with Crippen LogP contribution in [0.4, 0.5) is 0 Å². The number of aryl methyl sites for hydroxylation is 1. The van der Waals surface area contributed by atoms with Crippen molar-refractivity contribution in [1.82, 2.24) is 19.6 Å². The molecule has 67 heavy (non-hydrogen) atoms. The number of ether oxygens (including phenoxy) is 1. The molecule has 0 unspecified atom stereocenters. The minimum atomic E-state index is 0.0227. The van der Waals surface area contributed by atoms with E-state index in [9.17, 15) is 9.59 Å². The number of hydrogen-bond donors (Lipinski definition) is 0. The van der Waals surface area contributed by atoms with Gasteiger partial charge < -0.3 is 24.3 Å². The number of hydrogen-bond acceptors (Lipinski definition) is 5. The zero-order valence-corrected chi connectivity index (χ0v) is 39.0. The Balaban J connectivity index is 0.830. The number of benzene rings is 6. The minimum absolute atomic E-state index is 0.0227. The van der Waals surface area contributed by atoms with Crippen molar-refractivity contribution in [2.24, 2.45) is 11.8 Å². The van der Waals surface area contributed by atoms with Crippen LogP contribution in [0.3, 0.4) is 0 Å². The third kappa shape index (κ3) is 10.9. The third-order valence-corrected chi connectivity index (χ3v) is 15.6. The lowest BCUT2D eigenvalue weighted by molar-refractivity contribution is -0.130. The van der Waals surface area contributed by atoms with E-state index in [4.69, 9.17) is 4.74 Å². The van der Waals surface area contributed by atoms with Crippen molar-refractivity contribution >= 4 is 11.8 Å². The van der Waals surface area contributed by atoms with E-state index in [1.165, 1.54) is 40.7 Å². The second-order valence-electron chi connectivity index (χ2n) is 19.8. The molecule has 2 amide bonds. The molecule has 0 aromatic heterocycles. The molecule has 7 nitrogen and oxygen atoms in total. The van der Waals surface area contributed by atoms with Gasteiger partial charge in [0, 0.05) is 57.5 Å². The largest absolute Gasteiger partial charge is 0.457 e. The number of likely N-dealkylation sites (tertiary alicyclic amines) is 4. The summed E-state index contributed by atoms with van der Waals surface area (Å²) in [6.45, 7) is 9.10. The van der Waals surface area contributed by atoms with E-state index in [0.29, 0.717) is 61.0 Å². The Morgan fingerprint density at radius 2 is 0.955 bits per heavy atom. The lowest BCUT2D eigenvalue weighted by Gasteiger charge is -2.35. The van der Waals surface area contributed by atoms with Gasteiger partial charge in [-0.3, -0.25) is 9.59 Å². The summed E-state index contributed by atoms with van der Waals surface area (Å²) < 4.78 is 6.75. The Morgan fingerprint density at radius 1 is 0.478 bits per heavy atom. The average molecular weight is 891 g/mol. The second-order valence-corrected chi connectivity index (χ2v) is 19.8. The molecule has 0 radical (unpaired) electrons. The van der Waals surface area contributed by atoms with Gasteiger partial charge in [-0.2, -0.15) is 0 Å². The molecule has 4 fully saturated rings.